The molecule has 0 fully saturated rings. The molecular weight excluding hydrogens is 480 g/mol. The lowest BCUT2D eigenvalue weighted by Crippen LogP contribution is -2.50. The zero-order valence-electron chi connectivity index (χ0n) is 18.7. The van der Waals surface area contributed by atoms with Crippen molar-refractivity contribution in [2.75, 3.05) is 6.61 Å². The number of carbonyl (C=O) groups is 2. The Bertz CT molecular complexity index is 912. The molecule has 31 heavy (non-hydrogen) atoms. The van der Waals surface area contributed by atoms with Crippen LogP contribution in [0.4, 0.5) is 0 Å². The van der Waals surface area contributed by atoms with Gasteiger partial charge < -0.3 is 15.0 Å². The SMILES string of the molecule is CC[C@@H](C)NC(=O)[C@H](C)N(Cc1cccc(Br)c1)C(=O)COc1cc(C)c(Cl)c(C)c1. The van der Waals surface area contributed by atoms with Gasteiger partial charge in [-0.05, 0) is 75.1 Å². The van der Waals surface area contributed by atoms with E-state index >= 15 is 0 Å². The van der Waals surface area contributed by atoms with Gasteiger partial charge in [-0.1, -0.05) is 46.6 Å². The number of carbonyl (C=O) groups excluding carboxylic acids is 2. The van der Waals surface area contributed by atoms with Crippen molar-refractivity contribution in [1.29, 1.82) is 0 Å². The maximum atomic E-state index is 13.1. The van der Waals surface area contributed by atoms with E-state index in [9.17, 15) is 9.59 Å². The minimum Gasteiger partial charge on any atom is -0.484 e. The summed E-state index contributed by atoms with van der Waals surface area (Å²) in [5, 5.41) is 3.64. The van der Waals surface area contributed by atoms with Gasteiger partial charge in [0.25, 0.3) is 5.91 Å². The molecule has 2 amide bonds. The van der Waals surface area contributed by atoms with Crippen LogP contribution in [0.3, 0.4) is 0 Å². The molecule has 0 spiro atoms. The highest BCUT2D eigenvalue weighted by Gasteiger charge is 2.27. The third-order valence-electron chi connectivity index (χ3n) is 5.18. The molecule has 0 unspecified atom stereocenters. The Balaban J connectivity index is 2.19. The summed E-state index contributed by atoms with van der Waals surface area (Å²) >= 11 is 9.68. The van der Waals surface area contributed by atoms with Gasteiger partial charge in [0.2, 0.25) is 5.91 Å². The predicted octanol–water partition coefficient (Wildman–Crippen LogP) is 5.43. The lowest BCUT2D eigenvalue weighted by Gasteiger charge is -2.29. The van der Waals surface area contributed by atoms with E-state index in [1.54, 1.807) is 24.0 Å². The Morgan fingerprint density at radius 1 is 1.16 bits per heavy atom. The molecule has 0 radical (unpaired) electrons. The van der Waals surface area contributed by atoms with Crippen LogP contribution in [0.25, 0.3) is 0 Å². The Labute approximate surface area is 198 Å². The van der Waals surface area contributed by atoms with Crippen LogP contribution in [0.2, 0.25) is 5.02 Å². The number of halogens is 2. The van der Waals surface area contributed by atoms with Crippen LogP contribution < -0.4 is 10.1 Å². The highest BCUT2D eigenvalue weighted by atomic mass is 79.9. The van der Waals surface area contributed by atoms with E-state index in [2.05, 4.69) is 21.2 Å². The van der Waals surface area contributed by atoms with Crippen molar-refractivity contribution in [3.63, 3.8) is 0 Å². The van der Waals surface area contributed by atoms with Gasteiger partial charge in [0, 0.05) is 22.1 Å². The van der Waals surface area contributed by atoms with E-state index in [1.807, 2.05) is 52.0 Å². The molecule has 0 aromatic heterocycles. The molecule has 7 heteroatoms. The molecule has 0 heterocycles. The first-order valence-corrected chi connectivity index (χ1v) is 11.5. The van der Waals surface area contributed by atoms with Crippen LogP contribution in [-0.2, 0) is 16.1 Å². The summed E-state index contributed by atoms with van der Waals surface area (Å²) in [4.78, 5) is 27.4. The van der Waals surface area contributed by atoms with Crippen molar-refractivity contribution in [3.05, 3.63) is 62.6 Å². The standard InChI is InChI=1S/C24H30BrClN2O3/c1-6-17(4)27-24(30)18(5)28(13-19-8-7-9-20(25)12-19)22(29)14-31-21-10-15(2)23(26)16(3)11-21/h7-12,17-18H,6,13-14H2,1-5H3,(H,27,30)/t17-,18+/m1/s1. The molecule has 2 aromatic carbocycles. The van der Waals surface area contributed by atoms with Crippen LogP contribution in [-0.4, -0.2) is 35.4 Å². The van der Waals surface area contributed by atoms with E-state index in [4.69, 9.17) is 16.3 Å². The van der Waals surface area contributed by atoms with Gasteiger partial charge in [-0.2, -0.15) is 0 Å². The lowest BCUT2D eigenvalue weighted by molar-refractivity contribution is -0.142. The molecule has 168 valence electrons. The van der Waals surface area contributed by atoms with E-state index < -0.39 is 6.04 Å². The maximum absolute atomic E-state index is 13.1. The summed E-state index contributed by atoms with van der Waals surface area (Å²) in [6.45, 7) is 9.61. The first-order chi connectivity index (χ1) is 14.6. The molecule has 2 atom stereocenters. The first-order valence-electron chi connectivity index (χ1n) is 10.4. The van der Waals surface area contributed by atoms with Gasteiger partial charge in [0.05, 0.1) is 0 Å². The normalized spacial score (nSPS) is 12.7. The second-order valence-electron chi connectivity index (χ2n) is 7.81. The molecule has 0 saturated carbocycles. The average Bonchev–Trinajstić information content (AvgIpc) is 2.73. The van der Waals surface area contributed by atoms with Gasteiger partial charge in [0.15, 0.2) is 6.61 Å². The molecule has 0 saturated heterocycles. The molecule has 0 aliphatic heterocycles. The van der Waals surface area contributed by atoms with Crippen molar-refractivity contribution < 1.29 is 14.3 Å². The Hall–Kier alpha value is -2.05. The van der Waals surface area contributed by atoms with Crippen LogP contribution >= 0.6 is 27.5 Å². The van der Waals surface area contributed by atoms with Gasteiger partial charge in [-0.15, -0.1) is 0 Å². The smallest absolute Gasteiger partial charge is 0.261 e. The predicted molar refractivity (Wildman–Crippen MR) is 128 cm³/mol. The van der Waals surface area contributed by atoms with Gasteiger partial charge >= 0.3 is 0 Å². The van der Waals surface area contributed by atoms with Crippen LogP contribution in [0.15, 0.2) is 40.9 Å². The number of nitrogens with one attached hydrogen (secondary N) is 1. The largest absolute Gasteiger partial charge is 0.484 e. The van der Waals surface area contributed by atoms with Gasteiger partial charge in [-0.25, -0.2) is 0 Å². The number of amides is 2. The zero-order chi connectivity index (χ0) is 23.1. The molecular formula is C24H30BrClN2O3. The first kappa shape index (κ1) is 25.2. The fourth-order valence-corrected chi connectivity index (χ4v) is 3.65. The molecule has 2 aromatic rings. The zero-order valence-corrected chi connectivity index (χ0v) is 21.0. The quantitative estimate of drug-likeness (QED) is 0.490. The molecule has 5 nitrogen and oxygen atoms in total. The molecule has 0 aliphatic rings. The number of benzene rings is 2. The van der Waals surface area contributed by atoms with E-state index in [-0.39, 0.29) is 24.5 Å². The molecule has 1 N–H and O–H groups in total. The number of rotatable bonds is 9. The van der Waals surface area contributed by atoms with Crippen LogP contribution in [0.1, 0.15) is 43.9 Å². The minimum atomic E-state index is -0.641. The number of ether oxygens (including phenoxy) is 1. The summed E-state index contributed by atoms with van der Waals surface area (Å²) in [6, 6.07) is 10.7. The van der Waals surface area contributed by atoms with E-state index in [1.165, 1.54) is 0 Å². The highest BCUT2D eigenvalue weighted by Crippen LogP contribution is 2.26. The van der Waals surface area contributed by atoms with Gasteiger partial charge in [-0.3, -0.25) is 9.59 Å². The van der Waals surface area contributed by atoms with Crippen LogP contribution in [0, 0.1) is 13.8 Å². The van der Waals surface area contributed by atoms with Crippen molar-refractivity contribution in [2.45, 2.75) is 59.7 Å². The number of nitrogens with zero attached hydrogens (tertiary/aromatic N) is 1. The van der Waals surface area contributed by atoms with Crippen LogP contribution in [0.5, 0.6) is 5.75 Å². The fraction of sp³-hybridized carbons (Fsp3) is 0.417. The van der Waals surface area contributed by atoms with Crippen molar-refractivity contribution in [3.8, 4) is 5.75 Å². The van der Waals surface area contributed by atoms with E-state index in [0.29, 0.717) is 17.3 Å². The molecule has 0 aliphatic carbocycles. The summed E-state index contributed by atoms with van der Waals surface area (Å²) < 4.78 is 6.68. The minimum absolute atomic E-state index is 0.0361. The molecule has 2 rings (SSSR count). The second-order valence-corrected chi connectivity index (χ2v) is 9.10. The monoisotopic (exact) mass is 508 g/mol. The van der Waals surface area contributed by atoms with Gasteiger partial charge in [0.1, 0.15) is 11.8 Å². The van der Waals surface area contributed by atoms with E-state index in [0.717, 1.165) is 27.6 Å². The number of aryl methyl sites for hydroxylation is 2. The summed E-state index contributed by atoms with van der Waals surface area (Å²) in [7, 11) is 0. The Kier molecular flexibility index (Phi) is 9.38. The second kappa shape index (κ2) is 11.5. The summed E-state index contributed by atoms with van der Waals surface area (Å²) in [5.41, 5.74) is 2.69. The fourth-order valence-electron chi connectivity index (χ4n) is 3.10. The summed E-state index contributed by atoms with van der Waals surface area (Å²) in [6.07, 6.45) is 0.816. The third kappa shape index (κ3) is 7.25. The highest BCUT2D eigenvalue weighted by molar-refractivity contribution is 9.10. The molecule has 0 bridgehead atoms. The Morgan fingerprint density at radius 2 is 1.81 bits per heavy atom. The topological polar surface area (TPSA) is 58.6 Å². The maximum Gasteiger partial charge on any atom is 0.261 e. The van der Waals surface area contributed by atoms with Crippen molar-refractivity contribution in [1.82, 2.24) is 10.2 Å². The third-order valence-corrected chi connectivity index (χ3v) is 6.27. The van der Waals surface area contributed by atoms with Crippen molar-refractivity contribution >= 4 is 39.3 Å². The number of hydrogen-bond acceptors (Lipinski definition) is 3. The summed E-state index contributed by atoms with van der Waals surface area (Å²) in [5.74, 6) is 0.125. The Morgan fingerprint density at radius 3 is 2.39 bits per heavy atom. The number of hydrogen-bond donors (Lipinski definition) is 1. The average molecular weight is 510 g/mol. The van der Waals surface area contributed by atoms with Crippen molar-refractivity contribution in [2.24, 2.45) is 0 Å². The lowest BCUT2D eigenvalue weighted by atomic mass is 10.1.